The Labute approximate surface area is 179 Å². The van der Waals surface area contributed by atoms with Crippen molar-refractivity contribution < 1.29 is 4.79 Å². The molecule has 1 heterocycles. The second-order valence-corrected chi connectivity index (χ2v) is 7.16. The molecule has 1 aromatic heterocycles. The first-order valence-electron chi connectivity index (χ1n) is 9.13. The molecule has 3 aromatic rings. The Kier molecular flexibility index (Phi) is 6.76. The molecule has 2 amide bonds. The molecule has 29 heavy (non-hydrogen) atoms. The fourth-order valence-corrected chi connectivity index (χ4v) is 3.12. The zero-order valence-corrected chi connectivity index (χ0v) is 17.3. The minimum Gasteiger partial charge on any atom is -0.306 e. The number of hydrogen-bond donors (Lipinski definition) is 2. The Morgan fingerprint density at radius 1 is 1.17 bits per heavy atom. The molecular formula is C21H19Cl2N5O. The third-order valence-corrected chi connectivity index (χ3v) is 5.03. The molecule has 0 aliphatic carbocycles. The molecule has 0 saturated carbocycles. The van der Waals surface area contributed by atoms with Gasteiger partial charge in [0.15, 0.2) is 0 Å². The van der Waals surface area contributed by atoms with Crippen LogP contribution >= 0.6 is 23.2 Å². The predicted octanol–water partition coefficient (Wildman–Crippen LogP) is 6.04. The molecule has 3 rings (SSSR count). The normalized spacial score (nSPS) is 10.4. The highest BCUT2D eigenvalue weighted by Crippen LogP contribution is 2.29. The first-order chi connectivity index (χ1) is 14.0. The van der Waals surface area contributed by atoms with Crippen LogP contribution in [0.25, 0.3) is 5.69 Å². The Hall–Kier alpha value is -3.01. The molecule has 0 spiro atoms. The second kappa shape index (κ2) is 9.46. The van der Waals surface area contributed by atoms with E-state index >= 15 is 0 Å². The molecule has 0 bridgehead atoms. The number of halogens is 2. The molecule has 2 N–H and O–H groups in total. The van der Waals surface area contributed by atoms with Crippen LogP contribution in [-0.4, -0.2) is 15.8 Å². The quantitative estimate of drug-likeness (QED) is 0.502. The Morgan fingerprint density at radius 2 is 1.97 bits per heavy atom. The zero-order chi connectivity index (χ0) is 20.8. The van der Waals surface area contributed by atoms with Gasteiger partial charge in [-0.3, -0.25) is 5.32 Å². The van der Waals surface area contributed by atoms with Crippen molar-refractivity contribution in [2.45, 2.75) is 26.2 Å². The van der Waals surface area contributed by atoms with Crippen molar-refractivity contribution in [1.82, 2.24) is 9.78 Å². The maximum Gasteiger partial charge on any atom is 0.324 e. The van der Waals surface area contributed by atoms with E-state index in [4.69, 9.17) is 23.2 Å². The van der Waals surface area contributed by atoms with Crippen LogP contribution in [-0.2, 0) is 6.42 Å². The van der Waals surface area contributed by atoms with Crippen molar-refractivity contribution in [2.24, 2.45) is 0 Å². The van der Waals surface area contributed by atoms with Crippen LogP contribution in [0.4, 0.5) is 16.3 Å². The lowest BCUT2D eigenvalue weighted by molar-refractivity contribution is 0.262. The van der Waals surface area contributed by atoms with Gasteiger partial charge in [-0.15, -0.1) is 0 Å². The molecular weight excluding hydrogens is 409 g/mol. The number of anilines is 2. The molecule has 0 aliphatic heterocycles. The van der Waals surface area contributed by atoms with Gasteiger partial charge in [-0.25, -0.2) is 9.48 Å². The number of benzene rings is 2. The van der Waals surface area contributed by atoms with Crippen LogP contribution in [0.1, 0.15) is 31.0 Å². The second-order valence-electron chi connectivity index (χ2n) is 6.38. The first kappa shape index (κ1) is 20.7. The van der Waals surface area contributed by atoms with E-state index < -0.39 is 6.03 Å². The van der Waals surface area contributed by atoms with Gasteiger partial charge < -0.3 is 5.32 Å². The maximum atomic E-state index is 12.6. The molecule has 0 aliphatic rings. The molecule has 0 radical (unpaired) electrons. The molecule has 8 heteroatoms. The number of hydrogen-bond acceptors (Lipinski definition) is 3. The minimum absolute atomic E-state index is 0.267. The summed E-state index contributed by atoms with van der Waals surface area (Å²) in [5.41, 5.74) is 2.45. The molecule has 0 saturated heterocycles. The smallest absolute Gasteiger partial charge is 0.306 e. The Bertz CT molecular complexity index is 1070. The summed E-state index contributed by atoms with van der Waals surface area (Å²) in [7, 11) is 0. The van der Waals surface area contributed by atoms with Crippen molar-refractivity contribution in [3.63, 3.8) is 0 Å². The van der Waals surface area contributed by atoms with Crippen molar-refractivity contribution in [3.05, 3.63) is 69.8 Å². The van der Waals surface area contributed by atoms with E-state index in [2.05, 4.69) is 28.7 Å². The fraction of sp³-hybridized carbons (Fsp3) is 0.190. The maximum absolute atomic E-state index is 12.6. The number of nitrogens with zero attached hydrogens (tertiary/aromatic N) is 3. The highest BCUT2D eigenvalue weighted by molar-refractivity contribution is 6.44. The molecule has 0 atom stereocenters. The van der Waals surface area contributed by atoms with Crippen LogP contribution in [0.15, 0.2) is 48.5 Å². The van der Waals surface area contributed by atoms with Gasteiger partial charge in [-0.1, -0.05) is 48.7 Å². The summed E-state index contributed by atoms with van der Waals surface area (Å²) in [6.45, 7) is 2.11. The monoisotopic (exact) mass is 427 g/mol. The van der Waals surface area contributed by atoms with Gasteiger partial charge in [0.05, 0.1) is 38.7 Å². The van der Waals surface area contributed by atoms with Crippen molar-refractivity contribution >= 4 is 40.7 Å². The van der Waals surface area contributed by atoms with Crippen LogP contribution in [0.3, 0.4) is 0 Å². The van der Waals surface area contributed by atoms with E-state index in [9.17, 15) is 10.1 Å². The van der Waals surface area contributed by atoms with Crippen LogP contribution < -0.4 is 10.6 Å². The lowest BCUT2D eigenvalue weighted by atomic mass is 10.2. The lowest BCUT2D eigenvalue weighted by Gasteiger charge is -2.11. The number of nitriles is 1. The molecule has 6 nitrogen and oxygen atoms in total. The number of urea groups is 1. The van der Waals surface area contributed by atoms with E-state index in [1.165, 1.54) is 0 Å². The Balaban J connectivity index is 1.88. The number of carbonyl (C=O) groups excluding carboxylic acids is 1. The molecule has 148 valence electrons. The van der Waals surface area contributed by atoms with E-state index in [0.29, 0.717) is 27.8 Å². The summed E-state index contributed by atoms with van der Waals surface area (Å²) in [6.07, 6.45) is 2.81. The van der Waals surface area contributed by atoms with Gasteiger partial charge in [0.2, 0.25) is 0 Å². The third-order valence-electron chi connectivity index (χ3n) is 4.21. The largest absolute Gasteiger partial charge is 0.324 e. The number of aryl methyl sites for hydroxylation is 1. The molecule has 2 aromatic carbocycles. The number of nitrogens with one attached hydrogen (secondary N) is 2. The highest BCUT2D eigenvalue weighted by atomic mass is 35.5. The predicted molar refractivity (Wildman–Crippen MR) is 116 cm³/mol. The van der Waals surface area contributed by atoms with Crippen LogP contribution in [0, 0.1) is 11.3 Å². The van der Waals surface area contributed by atoms with E-state index in [-0.39, 0.29) is 5.02 Å². The van der Waals surface area contributed by atoms with Gasteiger partial charge in [-0.05, 0) is 43.2 Å². The summed E-state index contributed by atoms with van der Waals surface area (Å²) in [4.78, 5) is 12.6. The SMILES string of the molecule is CCCCc1cc(NC(=O)Nc2cccc(Cl)c2Cl)n(-c2cccc(C#N)c2)n1. The average Bonchev–Trinajstić information content (AvgIpc) is 3.12. The van der Waals surface area contributed by atoms with Gasteiger partial charge in [-0.2, -0.15) is 10.4 Å². The number of unbranched alkanes of at least 4 members (excludes halogenated alkanes) is 1. The Morgan fingerprint density at radius 3 is 2.72 bits per heavy atom. The topological polar surface area (TPSA) is 82.7 Å². The highest BCUT2D eigenvalue weighted by Gasteiger charge is 2.14. The summed E-state index contributed by atoms with van der Waals surface area (Å²) in [6, 6.07) is 15.5. The number of aromatic nitrogens is 2. The average molecular weight is 428 g/mol. The minimum atomic E-state index is -0.478. The summed E-state index contributed by atoms with van der Waals surface area (Å²) in [5.74, 6) is 0.488. The summed E-state index contributed by atoms with van der Waals surface area (Å²) < 4.78 is 1.62. The van der Waals surface area contributed by atoms with Gasteiger partial charge in [0.25, 0.3) is 0 Å². The molecule has 0 fully saturated rings. The van der Waals surface area contributed by atoms with Crippen molar-refractivity contribution in [3.8, 4) is 11.8 Å². The number of amides is 2. The summed E-state index contributed by atoms with van der Waals surface area (Å²) >= 11 is 12.1. The standard InChI is InChI=1S/C21H19Cl2N5O/c1-2-3-7-15-12-19(28(27-15)16-8-4-6-14(11-16)13-24)26-21(29)25-18-10-5-9-17(22)20(18)23/h4-6,8-12H,2-3,7H2,1H3,(H2,25,26,29). The van der Waals surface area contributed by atoms with E-state index in [1.54, 1.807) is 41.1 Å². The van der Waals surface area contributed by atoms with Crippen LogP contribution in [0.5, 0.6) is 0 Å². The zero-order valence-electron chi connectivity index (χ0n) is 15.7. The van der Waals surface area contributed by atoms with Crippen LogP contribution in [0.2, 0.25) is 10.0 Å². The fourth-order valence-electron chi connectivity index (χ4n) is 2.77. The number of carbonyl (C=O) groups is 1. The number of rotatable bonds is 6. The summed E-state index contributed by atoms with van der Waals surface area (Å²) in [5, 5.41) is 19.9. The van der Waals surface area contributed by atoms with Crippen molar-refractivity contribution in [1.29, 1.82) is 5.26 Å². The van der Waals surface area contributed by atoms with Gasteiger partial charge >= 0.3 is 6.03 Å². The van der Waals surface area contributed by atoms with Crippen molar-refractivity contribution in [2.75, 3.05) is 10.6 Å². The molecule has 0 unspecified atom stereocenters. The van der Waals surface area contributed by atoms with E-state index in [0.717, 1.165) is 25.0 Å². The van der Waals surface area contributed by atoms with Gasteiger partial charge in [0.1, 0.15) is 5.82 Å². The lowest BCUT2D eigenvalue weighted by Crippen LogP contribution is -2.21. The third kappa shape index (κ3) is 5.08. The van der Waals surface area contributed by atoms with E-state index in [1.807, 2.05) is 12.1 Å². The van der Waals surface area contributed by atoms with Gasteiger partial charge in [0, 0.05) is 6.07 Å². The first-order valence-corrected chi connectivity index (χ1v) is 9.89.